The zero-order valence-electron chi connectivity index (χ0n) is 15.9. The first kappa shape index (κ1) is 20.5. The number of hydrogen-bond donors (Lipinski definition) is 2. The molecule has 0 fully saturated rings. The van der Waals surface area contributed by atoms with Crippen LogP contribution in [0.3, 0.4) is 0 Å². The molecule has 0 heterocycles. The molecule has 2 rings (SSSR count). The van der Waals surface area contributed by atoms with Crippen LogP contribution in [0, 0.1) is 0 Å². The van der Waals surface area contributed by atoms with Crippen LogP contribution in [0.4, 0.5) is 0 Å². The Morgan fingerprint density at radius 1 is 1.04 bits per heavy atom. The lowest BCUT2D eigenvalue weighted by Crippen LogP contribution is -2.17. The Labute approximate surface area is 161 Å². The molecular formula is C22H28N2O3. The average molecular weight is 368 g/mol. The quantitative estimate of drug-likeness (QED) is 0.337. The number of carbonyl (C=O) groups excluding carboxylic acids is 1. The van der Waals surface area contributed by atoms with Crippen molar-refractivity contribution >= 4 is 12.1 Å². The molecule has 144 valence electrons. The maximum absolute atomic E-state index is 11.9. The molecule has 0 radical (unpaired) electrons. The summed E-state index contributed by atoms with van der Waals surface area (Å²) in [6, 6.07) is 13.9. The predicted molar refractivity (Wildman–Crippen MR) is 108 cm³/mol. The van der Waals surface area contributed by atoms with Gasteiger partial charge in [-0.05, 0) is 48.4 Å². The molecule has 0 aromatic heterocycles. The van der Waals surface area contributed by atoms with Gasteiger partial charge in [0, 0.05) is 0 Å². The van der Waals surface area contributed by atoms with Crippen molar-refractivity contribution in [1.29, 1.82) is 0 Å². The number of benzene rings is 2. The lowest BCUT2D eigenvalue weighted by molar-refractivity contribution is 0.0952. The van der Waals surface area contributed by atoms with Crippen molar-refractivity contribution < 1.29 is 14.6 Å². The fourth-order valence-corrected chi connectivity index (χ4v) is 2.61. The number of nitrogens with zero attached hydrogens (tertiary/aromatic N) is 1. The predicted octanol–water partition coefficient (Wildman–Crippen LogP) is 4.90. The van der Waals surface area contributed by atoms with Crippen molar-refractivity contribution in [3.05, 3.63) is 59.7 Å². The minimum absolute atomic E-state index is 0.0722. The number of para-hydroxylation sites is 1. The smallest absolute Gasteiger partial charge is 0.275 e. The van der Waals surface area contributed by atoms with Gasteiger partial charge in [-0.1, -0.05) is 51.2 Å². The van der Waals surface area contributed by atoms with Gasteiger partial charge < -0.3 is 9.84 Å². The van der Waals surface area contributed by atoms with E-state index in [0.717, 1.165) is 24.3 Å². The molecule has 2 aromatic carbocycles. The summed E-state index contributed by atoms with van der Waals surface area (Å²) in [6.07, 6.45) is 9.01. The van der Waals surface area contributed by atoms with Gasteiger partial charge in [-0.15, -0.1) is 0 Å². The van der Waals surface area contributed by atoms with Gasteiger partial charge in [-0.2, -0.15) is 5.10 Å². The van der Waals surface area contributed by atoms with E-state index >= 15 is 0 Å². The number of unbranched alkanes of at least 4 members (excludes halogenated alkanes) is 5. The maximum atomic E-state index is 11.9. The number of nitrogens with one attached hydrogen (secondary N) is 1. The minimum Gasteiger partial charge on any atom is -0.507 e. The van der Waals surface area contributed by atoms with Crippen LogP contribution < -0.4 is 10.2 Å². The minimum atomic E-state index is -0.455. The van der Waals surface area contributed by atoms with E-state index < -0.39 is 5.91 Å². The van der Waals surface area contributed by atoms with Crippen molar-refractivity contribution in [3.63, 3.8) is 0 Å². The van der Waals surface area contributed by atoms with Crippen LogP contribution in [0.1, 0.15) is 61.4 Å². The highest BCUT2D eigenvalue weighted by atomic mass is 16.5. The van der Waals surface area contributed by atoms with E-state index in [2.05, 4.69) is 17.5 Å². The van der Waals surface area contributed by atoms with E-state index in [9.17, 15) is 9.90 Å². The van der Waals surface area contributed by atoms with Gasteiger partial charge in [0.2, 0.25) is 0 Å². The second-order valence-electron chi connectivity index (χ2n) is 6.40. The third-order valence-corrected chi connectivity index (χ3v) is 4.18. The third-order valence-electron chi connectivity index (χ3n) is 4.18. The lowest BCUT2D eigenvalue weighted by atomic mass is 10.1. The normalized spacial score (nSPS) is 10.9. The van der Waals surface area contributed by atoms with Crippen molar-refractivity contribution in [1.82, 2.24) is 5.43 Å². The number of phenols is 1. The fraction of sp³-hybridized carbons (Fsp3) is 0.364. The van der Waals surface area contributed by atoms with Gasteiger partial charge in [-0.25, -0.2) is 5.43 Å². The summed E-state index contributed by atoms with van der Waals surface area (Å²) < 4.78 is 5.74. The largest absolute Gasteiger partial charge is 0.507 e. The van der Waals surface area contributed by atoms with Gasteiger partial charge >= 0.3 is 0 Å². The Morgan fingerprint density at radius 2 is 1.74 bits per heavy atom. The van der Waals surface area contributed by atoms with E-state index in [4.69, 9.17) is 4.74 Å². The summed E-state index contributed by atoms with van der Waals surface area (Å²) >= 11 is 0. The molecule has 5 heteroatoms. The monoisotopic (exact) mass is 368 g/mol. The fourth-order valence-electron chi connectivity index (χ4n) is 2.61. The van der Waals surface area contributed by atoms with Crippen molar-refractivity contribution in [3.8, 4) is 11.5 Å². The molecule has 5 nitrogen and oxygen atoms in total. The van der Waals surface area contributed by atoms with Crippen LogP contribution in [0.5, 0.6) is 11.5 Å². The number of amides is 1. The number of rotatable bonds is 11. The van der Waals surface area contributed by atoms with E-state index in [0.29, 0.717) is 0 Å². The summed E-state index contributed by atoms with van der Waals surface area (Å²) in [5, 5.41) is 13.6. The number of carbonyl (C=O) groups is 1. The van der Waals surface area contributed by atoms with Gasteiger partial charge in [0.25, 0.3) is 5.91 Å². The number of hydrogen-bond acceptors (Lipinski definition) is 4. The SMILES string of the molecule is CCCCCCCCOc1ccc(C=NNC(=O)c2ccccc2O)cc1. The Kier molecular flexibility index (Phi) is 8.90. The first-order chi connectivity index (χ1) is 13.2. The number of phenolic OH excluding ortho intramolecular Hbond substituents is 1. The van der Waals surface area contributed by atoms with E-state index in [-0.39, 0.29) is 11.3 Å². The Hall–Kier alpha value is -2.82. The molecule has 0 bridgehead atoms. The summed E-state index contributed by atoms with van der Waals surface area (Å²) in [7, 11) is 0. The van der Waals surface area contributed by atoms with E-state index in [1.54, 1.807) is 18.3 Å². The summed E-state index contributed by atoms with van der Waals surface area (Å²) in [6.45, 7) is 2.95. The molecule has 0 aliphatic heterocycles. The zero-order chi connectivity index (χ0) is 19.3. The molecule has 0 spiro atoms. The Morgan fingerprint density at radius 3 is 2.48 bits per heavy atom. The molecule has 0 atom stereocenters. The molecule has 0 saturated heterocycles. The van der Waals surface area contributed by atoms with Crippen LogP contribution in [-0.4, -0.2) is 23.8 Å². The number of hydrazone groups is 1. The molecule has 0 saturated carbocycles. The second kappa shape index (κ2) is 11.7. The van der Waals surface area contributed by atoms with Gasteiger partial charge in [-0.3, -0.25) is 4.79 Å². The highest BCUT2D eigenvalue weighted by Gasteiger charge is 2.08. The summed E-state index contributed by atoms with van der Waals surface area (Å²) in [5.74, 6) is 0.305. The van der Waals surface area contributed by atoms with Crippen molar-refractivity contribution in [2.45, 2.75) is 45.4 Å². The molecule has 0 aliphatic carbocycles. The first-order valence-corrected chi connectivity index (χ1v) is 9.55. The Bertz CT molecular complexity index is 727. The average Bonchev–Trinajstić information content (AvgIpc) is 2.68. The molecule has 27 heavy (non-hydrogen) atoms. The molecule has 2 aromatic rings. The highest BCUT2D eigenvalue weighted by Crippen LogP contribution is 2.15. The van der Waals surface area contributed by atoms with Crippen LogP contribution in [0.15, 0.2) is 53.6 Å². The topological polar surface area (TPSA) is 70.9 Å². The third kappa shape index (κ3) is 7.52. The summed E-state index contributed by atoms with van der Waals surface area (Å²) in [5.41, 5.74) is 3.44. The van der Waals surface area contributed by atoms with Crippen LogP contribution in [-0.2, 0) is 0 Å². The first-order valence-electron chi connectivity index (χ1n) is 9.55. The van der Waals surface area contributed by atoms with Gasteiger partial charge in [0.15, 0.2) is 0 Å². The molecule has 0 aliphatic rings. The van der Waals surface area contributed by atoms with Gasteiger partial charge in [0.05, 0.1) is 18.4 Å². The van der Waals surface area contributed by atoms with Crippen LogP contribution in [0.2, 0.25) is 0 Å². The Balaban J connectivity index is 1.71. The zero-order valence-corrected chi connectivity index (χ0v) is 15.9. The van der Waals surface area contributed by atoms with Crippen LogP contribution in [0.25, 0.3) is 0 Å². The van der Waals surface area contributed by atoms with Gasteiger partial charge in [0.1, 0.15) is 11.5 Å². The van der Waals surface area contributed by atoms with E-state index in [1.807, 2.05) is 24.3 Å². The molecule has 1 amide bonds. The highest BCUT2D eigenvalue weighted by molar-refractivity contribution is 5.97. The molecule has 2 N–H and O–H groups in total. The standard InChI is InChI=1S/C22H28N2O3/c1-2-3-4-5-6-9-16-27-19-14-12-18(13-15-19)17-23-24-22(26)20-10-7-8-11-21(20)25/h7-8,10-15,17,25H,2-6,9,16H2,1H3,(H,24,26). The maximum Gasteiger partial charge on any atom is 0.275 e. The lowest BCUT2D eigenvalue weighted by Gasteiger charge is -2.06. The van der Waals surface area contributed by atoms with Crippen molar-refractivity contribution in [2.75, 3.05) is 6.61 Å². The molecule has 0 unspecified atom stereocenters. The van der Waals surface area contributed by atoms with E-state index in [1.165, 1.54) is 44.2 Å². The number of aromatic hydroxyl groups is 1. The number of ether oxygens (including phenoxy) is 1. The van der Waals surface area contributed by atoms with Crippen molar-refractivity contribution in [2.24, 2.45) is 5.10 Å². The summed E-state index contributed by atoms with van der Waals surface area (Å²) in [4.78, 5) is 11.9. The molecular weight excluding hydrogens is 340 g/mol. The van der Waals surface area contributed by atoms with Crippen LogP contribution >= 0.6 is 0 Å². The second-order valence-corrected chi connectivity index (χ2v) is 6.40.